The summed E-state index contributed by atoms with van der Waals surface area (Å²) in [6.07, 6.45) is 0. The van der Waals surface area contributed by atoms with E-state index in [1.54, 1.807) is 6.07 Å². The third-order valence-electron chi connectivity index (χ3n) is 4.94. The fraction of sp³-hybridized carbons (Fsp3) is 0.0417. The molecule has 5 rings (SSSR count). The number of halogens is 2. The van der Waals surface area contributed by atoms with E-state index in [1.165, 1.54) is 23.5 Å². The smallest absolute Gasteiger partial charge is 0.124 e. The minimum absolute atomic E-state index is 0.235. The third-order valence-corrected chi connectivity index (χ3v) is 6.26. The molecule has 0 fully saturated rings. The summed E-state index contributed by atoms with van der Waals surface area (Å²) in [4.78, 5) is 4.64. The maximum absolute atomic E-state index is 13.5. The summed E-state index contributed by atoms with van der Waals surface area (Å²) in [5.74, 6) is -0.235. The average Bonchev–Trinajstić information content (AvgIpc) is 3.32. The molecule has 0 bridgehead atoms. The third kappa shape index (κ3) is 3.35. The monoisotopic (exact) mass is 418 g/mol. The molecular formula is C24H16ClFN2S. The van der Waals surface area contributed by atoms with Gasteiger partial charge in [0.1, 0.15) is 10.8 Å². The summed E-state index contributed by atoms with van der Waals surface area (Å²) in [7, 11) is 0. The Morgan fingerprint density at radius 2 is 1.59 bits per heavy atom. The molecule has 0 aliphatic rings. The molecule has 0 aliphatic carbocycles. The number of rotatable bonds is 3. The van der Waals surface area contributed by atoms with Crippen LogP contribution in [0.1, 0.15) is 5.69 Å². The van der Waals surface area contributed by atoms with E-state index in [0.717, 1.165) is 48.4 Å². The van der Waals surface area contributed by atoms with Crippen molar-refractivity contribution in [3.63, 3.8) is 0 Å². The van der Waals surface area contributed by atoms with Crippen LogP contribution < -0.4 is 0 Å². The van der Waals surface area contributed by atoms with Crippen molar-refractivity contribution in [2.75, 3.05) is 0 Å². The summed E-state index contributed by atoms with van der Waals surface area (Å²) >= 11 is 7.54. The molecule has 0 unspecified atom stereocenters. The van der Waals surface area contributed by atoms with Crippen LogP contribution in [0.2, 0.25) is 5.02 Å². The van der Waals surface area contributed by atoms with Crippen LogP contribution >= 0.6 is 22.9 Å². The first kappa shape index (κ1) is 18.1. The van der Waals surface area contributed by atoms with Gasteiger partial charge in [0.05, 0.1) is 15.9 Å². The van der Waals surface area contributed by atoms with E-state index in [4.69, 9.17) is 11.6 Å². The van der Waals surface area contributed by atoms with Crippen LogP contribution in [0.15, 0.2) is 78.9 Å². The Hall–Kier alpha value is -2.95. The van der Waals surface area contributed by atoms with Crippen LogP contribution in [0.5, 0.6) is 0 Å². The first-order valence-corrected chi connectivity index (χ1v) is 10.4. The first-order valence-electron chi connectivity index (χ1n) is 9.20. The fourth-order valence-electron chi connectivity index (χ4n) is 3.50. The lowest BCUT2D eigenvalue weighted by atomic mass is 10.1. The molecule has 0 spiro atoms. The van der Waals surface area contributed by atoms with E-state index in [0.29, 0.717) is 0 Å². The highest BCUT2D eigenvalue weighted by atomic mass is 35.5. The van der Waals surface area contributed by atoms with Crippen LogP contribution in [0, 0.1) is 12.7 Å². The molecule has 5 aromatic rings. The highest BCUT2D eigenvalue weighted by molar-refractivity contribution is 7.21. The SMILES string of the molecule is Cc1ccc(-c2ccc(Cl)cc2)n1-c1ccc(-c2nc3ccc(F)cc3s2)cc1. The van der Waals surface area contributed by atoms with Crippen molar-refractivity contribution in [3.8, 4) is 27.5 Å². The minimum Gasteiger partial charge on any atom is -0.314 e. The van der Waals surface area contributed by atoms with Crippen LogP contribution in [-0.4, -0.2) is 9.55 Å². The molecule has 0 radical (unpaired) electrons. The number of fused-ring (bicyclic) bond motifs is 1. The largest absolute Gasteiger partial charge is 0.314 e. The highest BCUT2D eigenvalue weighted by Crippen LogP contribution is 2.32. The van der Waals surface area contributed by atoms with E-state index < -0.39 is 0 Å². The molecule has 142 valence electrons. The van der Waals surface area contributed by atoms with Gasteiger partial charge in [0.15, 0.2) is 0 Å². The summed E-state index contributed by atoms with van der Waals surface area (Å²) < 4.78 is 16.5. The lowest BCUT2D eigenvalue weighted by Crippen LogP contribution is -1.98. The van der Waals surface area contributed by atoms with E-state index in [-0.39, 0.29) is 5.82 Å². The number of aromatic nitrogens is 2. The second kappa shape index (κ2) is 7.14. The van der Waals surface area contributed by atoms with Gasteiger partial charge in [0, 0.05) is 22.0 Å². The van der Waals surface area contributed by atoms with Crippen LogP contribution in [0.3, 0.4) is 0 Å². The quantitative estimate of drug-likeness (QED) is 0.296. The van der Waals surface area contributed by atoms with Gasteiger partial charge in [-0.05, 0) is 79.2 Å². The fourth-order valence-corrected chi connectivity index (χ4v) is 4.62. The summed E-state index contributed by atoms with van der Waals surface area (Å²) in [6.45, 7) is 2.09. The van der Waals surface area contributed by atoms with Gasteiger partial charge < -0.3 is 4.57 Å². The van der Waals surface area contributed by atoms with E-state index >= 15 is 0 Å². The molecule has 0 aliphatic heterocycles. The topological polar surface area (TPSA) is 17.8 Å². The second-order valence-electron chi connectivity index (χ2n) is 6.88. The maximum atomic E-state index is 13.5. The summed E-state index contributed by atoms with van der Waals surface area (Å²) in [5.41, 5.74) is 6.30. The van der Waals surface area contributed by atoms with Gasteiger partial charge in [0.25, 0.3) is 0 Å². The Balaban J connectivity index is 1.53. The van der Waals surface area contributed by atoms with Crippen molar-refractivity contribution in [3.05, 3.63) is 95.4 Å². The molecule has 0 saturated heterocycles. The Labute approximate surface area is 176 Å². The zero-order valence-electron chi connectivity index (χ0n) is 15.6. The average molecular weight is 419 g/mol. The van der Waals surface area contributed by atoms with Gasteiger partial charge in [-0.25, -0.2) is 9.37 Å². The molecule has 29 heavy (non-hydrogen) atoms. The van der Waals surface area contributed by atoms with E-state index in [9.17, 15) is 4.39 Å². The van der Waals surface area contributed by atoms with Gasteiger partial charge >= 0.3 is 0 Å². The Morgan fingerprint density at radius 3 is 2.34 bits per heavy atom. The number of nitrogens with zero attached hydrogens (tertiary/aromatic N) is 2. The molecule has 2 heterocycles. The van der Waals surface area contributed by atoms with Gasteiger partial charge in [-0.15, -0.1) is 11.3 Å². The molecule has 0 N–H and O–H groups in total. The Bertz CT molecular complexity index is 1320. The predicted molar refractivity (Wildman–Crippen MR) is 120 cm³/mol. The first-order chi connectivity index (χ1) is 14.1. The van der Waals surface area contributed by atoms with E-state index in [2.05, 4.69) is 52.9 Å². The lowest BCUT2D eigenvalue weighted by Gasteiger charge is -2.13. The van der Waals surface area contributed by atoms with Crippen molar-refractivity contribution in [1.82, 2.24) is 9.55 Å². The molecule has 0 atom stereocenters. The maximum Gasteiger partial charge on any atom is 0.124 e. The summed E-state index contributed by atoms with van der Waals surface area (Å²) in [5, 5.41) is 1.61. The normalized spacial score (nSPS) is 11.3. The molecule has 0 saturated carbocycles. The van der Waals surface area contributed by atoms with Crippen molar-refractivity contribution in [2.24, 2.45) is 0 Å². The van der Waals surface area contributed by atoms with E-state index in [1.807, 2.05) is 24.3 Å². The zero-order valence-corrected chi connectivity index (χ0v) is 17.1. The molecule has 5 heteroatoms. The zero-order chi connectivity index (χ0) is 20.0. The number of aryl methyl sites for hydroxylation is 1. The molecular weight excluding hydrogens is 403 g/mol. The standard InChI is InChI=1S/C24H16ClFN2S/c1-15-2-13-22(16-3-7-18(25)8-4-16)28(15)20-10-5-17(6-11-20)24-27-21-12-9-19(26)14-23(21)29-24/h2-14H,1H3. The van der Waals surface area contributed by atoms with Crippen LogP contribution in [0.25, 0.3) is 37.7 Å². The van der Waals surface area contributed by atoms with Crippen molar-refractivity contribution in [1.29, 1.82) is 0 Å². The van der Waals surface area contributed by atoms with Crippen LogP contribution in [0.4, 0.5) is 4.39 Å². The molecule has 3 aromatic carbocycles. The van der Waals surface area contributed by atoms with Gasteiger partial charge in [0.2, 0.25) is 0 Å². The lowest BCUT2D eigenvalue weighted by molar-refractivity contribution is 0.630. The number of thiazole rings is 1. The van der Waals surface area contributed by atoms with Gasteiger partial charge in [-0.3, -0.25) is 0 Å². The second-order valence-corrected chi connectivity index (χ2v) is 8.35. The van der Waals surface area contributed by atoms with Crippen LogP contribution in [-0.2, 0) is 0 Å². The Kier molecular flexibility index (Phi) is 4.46. The minimum atomic E-state index is -0.235. The highest BCUT2D eigenvalue weighted by Gasteiger charge is 2.11. The number of benzene rings is 3. The Morgan fingerprint density at radius 1 is 0.862 bits per heavy atom. The predicted octanol–water partition coefficient (Wildman–Crippen LogP) is 7.52. The molecule has 2 aromatic heterocycles. The number of hydrogen-bond donors (Lipinski definition) is 0. The van der Waals surface area contributed by atoms with Gasteiger partial charge in [-0.2, -0.15) is 0 Å². The van der Waals surface area contributed by atoms with Crippen molar-refractivity contribution < 1.29 is 4.39 Å². The van der Waals surface area contributed by atoms with Gasteiger partial charge in [-0.1, -0.05) is 23.7 Å². The van der Waals surface area contributed by atoms with Crippen molar-refractivity contribution in [2.45, 2.75) is 6.92 Å². The summed E-state index contributed by atoms with van der Waals surface area (Å²) in [6, 6.07) is 25.1. The number of hydrogen-bond acceptors (Lipinski definition) is 2. The van der Waals surface area contributed by atoms with Crippen molar-refractivity contribution >= 4 is 33.2 Å². The molecule has 2 nitrogen and oxygen atoms in total. The molecule has 0 amide bonds.